The molecule has 3 N–H and O–H groups in total. The van der Waals surface area contributed by atoms with Crippen LogP contribution in [0.4, 0.5) is 5.82 Å². The van der Waals surface area contributed by atoms with E-state index in [9.17, 15) is 4.79 Å². The van der Waals surface area contributed by atoms with Crippen LogP contribution in [0.1, 0.15) is 21.5 Å². The van der Waals surface area contributed by atoms with Crippen LogP contribution in [-0.4, -0.2) is 18.0 Å². The highest BCUT2D eigenvalue weighted by atomic mass is 16.5. The molecule has 0 aliphatic rings. The van der Waals surface area contributed by atoms with E-state index in [1.807, 2.05) is 54.6 Å². The molecule has 6 nitrogen and oxygen atoms in total. The number of hydrogen-bond donors (Lipinski definition) is 2. The number of nitrogens with two attached hydrogens (primary N) is 1. The van der Waals surface area contributed by atoms with Crippen molar-refractivity contribution in [3.63, 3.8) is 0 Å². The zero-order chi connectivity index (χ0) is 19.1. The van der Waals surface area contributed by atoms with E-state index in [0.717, 1.165) is 16.9 Å². The number of nitrogens with one attached hydrogen (secondary N) is 1. The zero-order valence-electron chi connectivity index (χ0n) is 15.0. The summed E-state index contributed by atoms with van der Waals surface area (Å²) in [4.78, 5) is 16.2. The molecule has 1 amide bonds. The number of pyridine rings is 1. The Labute approximate surface area is 158 Å². The van der Waals surface area contributed by atoms with E-state index < -0.39 is 5.91 Å². The van der Waals surface area contributed by atoms with Crippen molar-refractivity contribution in [1.29, 1.82) is 0 Å². The highest BCUT2D eigenvalue weighted by Crippen LogP contribution is 2.25. The predicted octanol–water partition coefficient (Wildman–Crippen LogP) is 3.38. The van der Waals surface area contributed by atoms with Crippen LogP contribution in [0.15, 0.2) is 66.9 Å². The first kappa shape index (κ1) is 18.3. The Morgan fingerprint density at radius 3 is 2.44 bits per heavy atom. The van der Waals surface area contributed by atoms with Gasteiger partial charge in [0, 0.05) is 12.7 Å². The molecule has 27 heavy (non-hydrogen) atoms. The van der Waals surface area contributed by atoms with E-state index in [1.54, 1.807) is 19.4 Å². The Balaban J connectivity index is 1.75. The second-order valence-electron chi connectivity index (χ2n) is 5.87. The number of nitrogens with zero attached hydrogens (tertiary/aromatic N) is 1. The number of primary amides is 1. The monoisotopic (exact) mass is 363 g/mol. The summed E-state index contributed by atoms with van der Waals surface area (Å²) in [6, 6.07) is 19.0. The molecule has 0 bridgehead atoms. The van der Waals surface area contributed by atoms with Crippen LogP contribution in [0, 0.1) is 0 Å². The van der Waals surface area contributed by atoms with Crippen molar-refractivity contribution < 1.29 is 14.3 Å². The van der Waals surface area contributed by atoms with Gasteiger partial charge in [0.1, 0.15) is 29.5 Å². The van der Waals surface area contributed by atoms with Crippen LogP contribution < -0.4 is 20.5 Å². The van der Waals surface area contributed by atoms with Gasteiger partial charge in [-0.15, -0.1) is 0 Å². The van der Waals surface area contributed by atoms with Gasteiger partial charge in [-0.3, -0.25) is 4.79 Å². The molecule has 0 fully saturated rings. The molecule has 0 saturated heterocycles. The number of aromatic nitrogens is 1. The summed E-state index contributed by atoms with van der Waals surface area (Å²) in [6.07, 6.45) is 1.59. The highest BCUT2D eigenvalue weighted by Gasteiger charge is 2.16. The van der Waals surface area contributed by atoms with Gasteiger partial charge in [0.25, 0.3) is 5.91 Å². The molecule has 0 spiro atoms. The number of ether oxygens (including phenoxy) is 2. The quantitative estimate of drug-likeness (QED) is 0.641. The van der Waals surface area contributed by atoms with Gasteiger partial charge >= 0.3 is 0 Å². The molecule has 6 heteroatoms. The first-order valence-corrected chi connectivity index (χ1v) is 8.49. The average molecular weight is 363 g/mol. The molecule has 2 aromatic carbocycles. The SMILES string of the molecule is COc1ccc(CNc2nccc(OCc3ccccc3)c2C(N)=O)cc1. The molecule has 1 aromatic heterocycles. The van der Waals surface area contributed by atoms with Crippen molar-refractivity contribution in [3.8, 4) is 11.5 Å². The second kappa shape index (κ2) is 8.71. The number of carbonyl (C=O) groups excluding carboxylic acids is 1. The average Bonchev–Trinajstić information content (AvgIpc) is 2.71. The van der Waals surface area contributed by atoms with Crippen molar-refractivity contribution >= 4 is 11.7 Å². The minimum atomic E-state index is -0.594. The Bertz CT molecular complexity index is 896. The standard InChI is InChI=1S/C21H21N3O3/c1-26-17-9-7-15(8-10-17)13-24-21-19(20(22)25)18(11-12-23-21)27-14-16-5-3-2-4-6-16/h2-12H,13-14H2,1H3,(H2,22,25)(H,23,24). The third kappa shape index (κ3) is 4.76. The lowest BCUT2D eigenvalue weighted by Gasteiger charge is -2.14. The van der Waals surface area contributed by atoms with E-state index in [4.69, 9.17) is 15.2 Å². The summed E-state index contributed by atoms with van der Waals surface area (Å²) in [5.74, 6) is 0.983. The number of benzene rings is 2. The van der Waals surface area contributed by atoms with Crippen LogP contribution in [0.25, 0.3) is 0 Å². The highest BCUT2D eigenvalue weighted by molar-refractivity contribution is 6.00. The number of amides is 1. The van der Waals surface area contributed by atoms with Gasteiger partial charge in [-0.25, -0.2) is 4.98 Å². The molecule has 1 heterocycles. The van der Waals surface area contributed by atoms with Crippen LogP contribution in [0.2, 0.25) is 0 Å². The van der Waals surface area contributed by atoms with Gasteiger partial charge in [0.05, 0.1) is 7.11 Å². The Morgan fingerprint density at radius 2 is 1.78 bits per heavy atom. The van der Waals surface area contributed by atoms with Crippen LogP contribution in [0.3, 0.4) is 0 Å². The summed E-state index contributed by atoms with van der Waals surface area (Å²) in [5, 5.41) is 3.15. The summed E-state index contributed by atoms with van der Waals surface area (Å²) < 4.78 is 11.0. The lowest BCUT2D eigenvalue weighted by Crippen LogP contribution is -2.17. The molecule has 138 valence electrons. The number of rotatable bonds is 8. The van der Waals surface area contributed by atoms with Gasteiger partial charge in [-0.2, -0.15) is 0 Å². The van der Waals surface area contributed by atoms with Gasteiger partial charge < -0.3 is 20.5 Å². The summed E-state index contributed by atoms with van der Waals surface area (Å²) >= 11 is 0. The van der Waals surface area contributed by atoms with Crippen LogP contribution >= 0.6 is 0 Å². The maximum atomic E-state index is 12.0. The molecule has 3 aromatic rings. The lowest BCUT2D eigenvalue weighted by molar-refractivity contribution is 0.0996. The van der Waals surface area contributed by atoms with Crippen LogP contribution in [0.5, 0.6) is 11.5 Å². The van der Waals surface area contributed by atoms with E-state index >= 15 is 0 Å². The summed E-state index contributed by atoms with van der Waals surface area (Å²) in [7, 11) is 1.62. The topological polar surface area (TPSA) is 86.5 Å². The molecular formula is C21H21N3O3. The van der Waals surface area contributed by atoms with Crippen molar-refractivity contribution in [2.24, 2.45) is 5.73 Å². The smallest absolute Gasteiger partial charge is 0.256 e. The molecule has 0 aliphatic carbocycles. The molecule has 3 rings (SSSR count). The van der Waals surface area contributed by atoms with Crippen molar-refractivity contribution in [2.45, 2.75) is 13.2 Å². The van der Waals surface area contributed by atoms with Crippen LogP contribution in [-0.2, 0) is 13.2 Å². The number of anilines is 1. The maximum Gasteiger partial charge on any atom is 0.256 e. The van der Waals surface area contributed by atoms with E-state index in [0.29, 0.717) is 24.7 Å². The van der Waals surface area contributed by atoms with E-state index in [1.165, 1.54) is 0 Å². The third-order valence-corrected chi connectivity index (χ3v) is 4.02. The summed E-state index contributed by atoms with van der Waals surface area (Å²) in [5.41, 5.74) is 7.83. The molecule has 0 radical (unpaired) electrons. The zero-order valence-corrected chi connectivity index (χ0v) is 15.0. The summed E-state index contributed by atoms with van der Waals surface area (Å²) in [6.45, 7) is 0.822. The molecular weight excluding hydrogens is 342 g/mol. The van der Waals surface area contributed by atoms with Gasteiger partial charge in [-0.1, -0.05) is 42.5 Å². The van der Waals surface area contributed by atoms with Gasteiger partial charge in [0.15, 0.2) is 0 Å². The van der Waals surface area contributed by atoms with Crippen molar-refractivity contribution in [2.75, 3.05) is 12.4 Å². The van der Waals surface area contributed by atoms with Crippen molar-refractivity contribution in [1.82, 2.24) is 4.98 Å². The Morgan fingerprint density at radius 1 is 1.04 bits per heavy atom. The molecule has 0 atom stereocenters. The fourth-order valence-electron chi connectivity index (χ4n) is 2.60. The predicted molar refractivity (Wildman–Crippen MR) is 104 cm³/mol. The fraction of sp³-hybridized carbons (Fsp3) is 0.143. The lowest BCUT2D eigenvalue weighted by atomic mass is 10.2. The van der Waals surface area contributed by atoms with Gasteiger partial charge in [-0.05, 0) is 29.3 Å². The fourth-order valence-corrected chi connectivity index (χ4v) is 2.60. The van der Waals surface area contributed by atoms with E-state index in [-0.39, 0.29) is 5.56 Å². The molecule has 0 unspecified atom stereocenters. The first-order chi connectivity index (χ1) is 13.2. The van der Waals surface area contributed by atoms with Crippen molar-refractivity contribution in [3.05, 3.63) is 83.6 Å². The maximum absolute atomic E-state index is 12.0. The first-order valence-electron chi connectivity index (χ1n) is 8.49. The van der Waals surface area contributed by atoms with Gasteiger partial charge in [0.2, 0.25) is 0 Å². The number of carbonyl (C=O) groups is 1. The minimum Gasteiger partial charge on any atom is -0.497 e. The normalized spacial score (nSPS) is 10.3. The Hall–Kier alpha value is -3.54. The largest absolute Gasteiger partial charge is 0.497 e. The number of hydrogen-bond acceptors (Lipinski definition) is 5. The molecule has 0 aliphatic heterocycles. The third-order valence-electron chi connectivity index (χ3n) is 4.02. The Kier molecular flexibility index (Phi) is 5.89. The second-order valence-corrected chi connectivity index (χ2v) is 5.87. The molecule has 0 saturated carbocycles. The van der Waals surface area contributed by atoms with E-state index in [2.05, 4.69) is 10.3 Å². The number of methoxy groups -OCH3 is 1. The minimum absolute atomic E-state index is 0.238.